The summed E-state index contributed by atoms with van der Waals surface area (Å²) in [4.78, 5) is 12.7. The van der Waals surface area contributed by atoms with Crippen LogP contribution in [0.5, 0.6) is 5.75 Å². The van der Waals surface area contributed by atoms with Crippen LogP contribution < -0.4 is 10.1 Å². The summed E-state index contributed by atoms with van der Waals surface area (Å²) in [6.07, 6.45) is 1.62. The fourth-order valence-corrected chi connectivity index (χ4v) is 4.16. The maximum Gasteiger partial charge on any atom is 0.266 e. The van der Waals surface area contributed by atoms with Crippen molar-refractivity contribution in [1.82, 2.24) is 4.57 Å². The van der Waals surface area contributed by atoms with E-state index in [4.69, 9.17) is 4.74 Å². The summed E-state index contributed by atoms with van der Waals surface area (Å²) < 4.78 is 7.95. The Labute approximate surface area is 216 Å². The predicted octanol–water partition coefficient (Wildman–Crippen LogP) is 6.40. The molecule has 1 N–H and O–H groups in total. The Hall–Kier alpha value is -5.07. The first-order valence-corrected chi connectivity index (χ1v) is 11.8. The molecule has 0 aliphatic heterocycles. The van der Waals surface area contributed by atoms with Crippen LogP contribution in [0.15, 0.2) is 84.4 Å². The molecule has 1 heterocycles. The molecule has 0 saturated carbocycles. The van der Waals surface area contributed by atoms with Crippen molar-refractivity contribution in [1.29, 1.82) is 10.5 Å². The van der Waals surface area contributed by atoms with Crippen LogP contribution >= 0.6 is 0 Å². The van der Waals surface area contributed by atoms with E-state index in [2.05, 4.69) is 16.0 Å². The molecule has 0 spiro atoms. The number of benzene rings is 3. The second-order valence-electron chi connectivity index (χ2n) is 8.71. The summed E-state index contributed by atoms with van der Waals surface area (Å²) in [5.41, 5.74) is 6.74. The highest BCUT2D eigenvalue weighted by Gasteiger charge is 2.14. The number of ether oxygens (including phenoxy) is 1. The molecule has 4 aromatic rings. The molecule has 1 amide bonds. The number of hydrogen-bond acceptors (Lipinski definition) is 4. The van der Waals surface area contributed by atoms with Crippen molar-refractivity contribution in [2.45, 2.75) is 27.4 Å². The maximum atomic E-state index is 12.7. The van der Waals surface area contributed by atoms with Crippen LogP contribution in [0.25, 0.3) is 11.8 Å². The number of carbonyl (C=O) groups excluding carboxylic acids is 1. The number of aryl methyl sites for hydroxylation is 2. The van der Waals surface area contributed by atoms with Crippen molar-refractivity contribution >= 4 is 17.7 Å². The molecule has 0 saturated heterocycles. The minimum absolute atomic E-state index is 0.0307. The second kappa shape index (κ2) is 11.1. The Morgan fingerprint density at radius 1 is 0.973 bits per heavy atom. The average Bonchev–Trinajstić information content (AvgIpc) is 3.18. The number of nitrogens with zero attached hydrogens (tertiary/aromatic N) is 3. The standard InChI is InChI=1S/C31H26N4O2/c1-21-7-6-10-28(15-21)34-31(36)27(19-33)17-26-16-22(2)35(23(26)3)29-11-13-30(14-12-29)37-20-25-9-5-4-8-24(25)18-32/h4-17H,20H2,1-3H3,(H,34,36)/b27-17-. The third kappa shape index (κ3) is 5.78. The lowest BCUT2D eigenvalue weighted by molar-refractivity contribution is -0.112. The zero-order chi connectivity index (χ0) is 26.4. The number of carbonyl (C=O) groups is 1. The Kier molecular flexibility index (Phi) is 7.52. The van der Waals surface area contributed by atoms with Crippen LogP contribution in [0.1, 0.15) is 33.6 Å². The molecular formula is C31H26N4O2. The molecule has 6 nitrogen and oxygen atoms in total. The minimum atomic E-state index is -0.447. The number of anilines is 1. The molecule has 4 rings (SSSR count). The Morgan fingerprint density at radius 3 is 2.43 bits per heavy atom. The van der Waals surface area contributed by atoms with E-state index in [1.165, 1.54) is 0 Å². The molecule has 0 radical (unpaired) electrons. The van der Waals surface area contributed by atoms with E-state index in [1.807, 2.05) is 93.6 Å². The first kappa shape index (κ1) is 25.0. The minimum Gasteiger partial charge on any atom is -0.489 e. The number of nitrogens with one attached hydrogen (secondary N) is 1. The highest BCUT2D eigenvalue weighted by Crippen LogP contribution is 2.25. The highest BCUT2D eigenvalue weighted by atomic mass is 16.5. The summed E-state index contributed by atoms with van der Waals surface area (Å²) in [6, 6.07) is 28.7. The summed E-state index contributed by atoms with van der Waals surface area (Å²) in [5, 5.41) is 21.7. The van der Waals surface area contributed by atoms with Gasteiger partial charge in [-0.2, -0.15) is 10.5 Å². The molecule has 6 heteroatoms. The van der Waals surface area contributed by atoms with Crippen LogP contribution in [0.2, 0.25) is 0 Å². The topological polar surface area (TPSA) is 90.8 Å². The molecule has 0 aliphatic rings. The zero-order valence-electron chi connectivity index (χ0n) is 20.9. The lowest BCUT2D eigenvalue weighted by Gasteiger charge is -2.12. The largest absolute Gasteiger partial charge is 0.489 e. The summed E-state index contributed by atoms with van der Waals surface area (Å²) in [5.74, 6) is 0.246. The van der Waals surface area contributed by atoms with Gasteiger partial charge in [0.25, 0.3) is 5.91 Å². The molecular weight excluding hydrogens is 460 g/mol. The van der Waals surface area contributed by atoms with Crippen molar-refractivity contribution in [2.24, 2.45) is 0 Å². The predicted molar refractivity (Wildman–Crippen MR) is 144 cm³/mol. The van der Waals surface area contributed by atoms with Gasteiger partial charge < -0.3 is 14.6 Å². The summed E-state index contributed by atoms with van der Waals surface area (Å²) in [6.45, 7) is 6.18. The second-order valence-corrected chi connectivity index (χ2v) is 8.71. The maximum absolute atomic E-state index is 12.7. The monoisotopic (exact) mass is 486 g/mol. The molecule has 0 bridgehead atoms. The summed E-state index contributed by atoms with van der Waals surface area (Å²) in [7, 11) is 0. The van der Waals surface area contributed by atoms with Gasteiger partial charge in [-0.1, -0.05) is 30.3 Å². The van der Waals surface area contributed by atoms with Crippen molar-refractivity contribution in [3.8, 4) is 23.6 Å². The van der Waals surface area contributed by atoms with Gasteiger partial charge in [0.15, 0.2) is 0 Å². The molecule has 3 aromatic carbocycles. The lowest BCUT2D eigenvalue weighted by atomic mass is 10.1. The number of hydrogen-bond donors (Lipinski definition) is 1. The van der Waals surface area contributed by atoms with Gasteiger partial charge in [-0.15, -0.1) is 0 Å². The first-order valence-electron chi connectivity index (χ1n) is 11.8. The van der Waals surface area contributed by atoms with Crippen LogP contribution in [0.3, 0.4) is 0 Å². The van der Waals surface area contributed by atoms with E-state index in [-0.39, 0.29) is 5.57 Å². The van der Waals surface area contributed by atoms with E-state index in [9.17, 15) is 15.3 Å². The molecule has 182 valence electrons. The molecule has 0 unspecified atom stereocenters. The third-order valence-corrected chi connectivity index (χ3v) is 6.04. The third-order valence-electron chi connectivity index (χ3n) is 6.04. The number of rotatable bonds is 7. The van der Waals surface area contributed by atoms with Crippen LogP contribution in [-0.4, -0.2) is 10.5 Å². The van der Waals surface area contributed by atoms with Crippen LogP contribution in [0, 0.1) is 43.4 Å². The fraction of sp³-hybridized carbons (Fsp3) is 0.129. The van der Waals surface area contributed by atoms with E-state index in [0.717, 1.165) is 33.8 Å². The van der Waals surface area contributed by atoms with E-state index in [0.29, 0.717) is 23.6 Å². The van der Waals surface area contributed by atoms with Crippen molar-refractivity contribution in [3.05, 3.63) is 118 Å². The van der Waals surface area contributed by atoms with Crippen molar-refractivity contribution in [2.75, 3.05) is 5.32 Å². The Balaban J connectivity index is 1.52. The number of nitriles is 2. The van der Waals surface area contributed by atoms with Gasteiger partial charge in [0.1, 0.15) is 24.0 Å². The quantitative estimate of drug-likeness (QED) is 0.242. The summed E-state index contributed by atoms with van der Waals surface area (Å²) >= 11 is 0. The number of aromatic nitrogens is 1. The van der Waals surface area contributed by atoms with Gasteiger partial charge in [-0.3, -0.25) is 4.79 Å². The van der Waals surface area contributed by atoms with Crippen molar-refractivity contribution < 1.29 is 9.53 Å². The Morgan fingerprint density at radius 2 is 1.73 bits per heavy atom. The van der Waals surface area contributed by atoms with Crippen LogP contribution in [0.4, 0.5) is 5.69 Å². The van der Waals surface area contributed by atoms with Gasteiger partial charge in [0, 0.05) is 28.3 Å². The SMILES string of the molecule is Cc1cccc(NC(=O)/C(C#N)=C\c2cc(C)n(-c3ccc(OCc4ccccc4C#N)cc3)c2C)c1. The van der Waals surface area contributed by atoms with E-state index in [1.54, 1.807) is 18.2 Å². The van der Waals surface area contributed by atoms with E-state index >= 15 is 0 Å². The first-order chi connectivity index (χ1) is 17.9. The van der Waals surface area contributed by atoms with Gasteiger partial charge in [0.05, 0.1) is 11.6 Å². The van der Waals surface area contributed by atoms with Crippen LogP contribution in [-0.2, 0) is 11.4 Å². The average molecular weight is 487 g/mol. The van der Waals surface area contributed by atoms with Gasteiger partial charge >= 0.3 is 0 Å². The molecule has 37 heavy (non-hydrogen) atoms. The molecule has 0 atom stereocenters. The van der Waals surface area contributed by atoms with Gasteiger partial charge in [0.2, 0.25) is 0 Å². The number of amides is 1. The molecule has 1 aromatic heterocycles. The highest BCUT2D eigenvalue weighted by molar-refractivity contribution is 6.09. The van der Waals surface area contributed by atoms with Gasteiger partial charge in [-0.25, -0.2) is 0 Å². The molecule has 0 aliphatic carbocycles. The zero-order valence-corrected chi connectivity index (χ0v) is 20.9. The van der Waals surface area contributed by atoms with Crippen molar-refractivity contribution in [3.63, 3.8) is 0 Å². The molecule has 0 fully saturated rings. The smallest absolute Gasteiger partial charge is 0.266 e. The fourth-order valence-electron chi connectivity index (χ4n) is 4.16. The van der Waals surface area contributed by atoms with E-state index < -0.39 is 5.91 Å². The van der Waals surface area contributed by atoms with Gasteiger partial charge in [-0.05, 0) is 86.5 Å². The lowest BCUT2D eigenvalue weighted by Crippen LogP contribution is -2.13. The Bertz CT molecular complexity index is 1560. The normalized spacial score (nSPS) is 10.9.